The molecule has 0 spiro atoms. The van der Waals surface area contributed by atoms with Gasteiger partial charge in [-0.3, -0.25) is 4.90 Å². The summed E-state index contributed by atoms with van der Waals surface area (Å²) in [5.41, 5.74) is 3.37. The summed E-state index contributed by atoms with van der Waals surface area (Å²) in [6, 6.07) is 4.08. The number of hydrogen-bond donors (Lipinski definition) is 1. The van der Waals surface area contributed by atoms with Crippen molar-refractivity contribution in [3.05, 3.63) is 28.8 Å². The SMILES string of the molecule is COc1cc(C)c(CN2C[C@@H](O)[C@H](F)C2)cc1C. The van der Waals surface area contributed by atoms with Crippen LogP contribution >= 0.6 is 0 Å². The summed E-state index contributed by atoms with van der Waals surface area (Å²) < 4.78 is 18.5. The average molecular weight is 253 g/mol. The second-order valence-corrected chi connectivity index (χ2v) is 5.03. The minimum absolute atomic E-state index is 0.311. The van der Waals surface area contributed by atoms with Crippen LogP contribution < -0.4 is 4.74 Å². The predicted octanol–water partition coefficient (Wildman–Crippen LogP) is 1.83. The number of nitrogens with zero attached hydrogens (tertiary/aromatic N) is 1. The van der Waals surface area contributed by atoms with Crippen molar-refractivity contribution in [2.45, 2.75) is 32.7 Å². The van der Waals surface area contributed by atoms with E-state index in [9.17, 15) is 9.50 Å². The largest absolute Gasteiger partial charge is 0.496 e. The van der Waals surface area contributed by atoms with Crippen LogP contribution in [0.2, 0.25) is 0 Å². The lowest BCUT2D eigenvalue weighted by Gasteiger charge is -2.18. The average Bonchev–Trinajstić information content (AvgIpc) is 2.62. The Balaban J connectivity index is 2.13. The summed E-state index contributed by atoms with van der Waals surface area (Å²) in [5.74, 6) is 0.876. The molecule has 1 heterocycles. The summed E-state index contributed by atoms with van der Waals surface area (Å²) in [7, 11) is 1.66. The van der Waals surface area contributed by atoms with Gasteiger partial charge in [0.25, 0.3) is 0 Å². The van der Waals surface area contributed by atoms with Gasteiger partial charge in [-0.25, -0.2) is 4.39 Å². The van der Waals surface area contributed by atoms with Crippen molar-refractivity contribution in [1.82, 2.24) is 4.90 Å². The smallest absolute Gasteiger partial charge is 0.140 e. The monoisotopic (exact) mass is 253 g/mol. The van der Waals surface area contributed by atoms with Crippen molar-refractivity contribution in [3.63, 3.8) is 0 Å². The summed E-state index contributed by atoms with van der Waals surface area (Å²) in [5, 5.41) is 9.42. The van der Waals surface area contributed by atoms with Gasteiger partial charge in [0.2, 0.25) is 0 Å². The predicted molar refractivity (Wildman–Crippen MR) is 68.6 cm³/mol. The molecule has 1 aliphatic heterocycles. The highest BCUT2D eigenvalue weighted by Crippen LogP contribution is 2.25. The topological polar surface area (TPSA) is 32.7 Å². The highest BCUT2D eigenvalue weighted by Gasteiger charge is 2.31. The number of benzene rings is 1. The zero-order valence-corrected chi connectivity index (χ0v) is 11.1. The first kappa shape index (κ1) is 13.3. The highest BCUT2D eigenvalue weighted by atomic mass is 19.1. The van der Waals surface area contributed by atoms with Crippen molar-refractivity contribution in [3.8, 4) is 5.75 Å². The van der Waals surface area contributed by atoms with Gasteiger partial charge in [-0.15, -0.1) is 0 Å². The molecular formula is C14H20FNO2. The third-order valence-electron chi connectivity index (χ3n) is 3.54. The second kappa shape index (κ2) is 5.24. The molecule has 1 fully saturated rings. The van der Waals surface area contributed by atoms with Crippen molar-refractivity contribution in [2.24, 2.45) is 0 Å². The third kappa shape index (κ3) is 2.65. The number of alkyl halides is 1. The number of ether oxygens (including phenoxy) is 1. The quantitative estimate of drug-likeness (QED) is 0.892. The number of likely N-dealkylation sites (tertiary alicyclic amines) is 1. The van der Waals surface area contributed by atoms with Gasteiger partial charge in [-0.2, -0.15) is 0 Å². The van der Waals surface area contributed by atoms with Gasteiger partial charge >= 0.3 is 0 Å². The molecular weight excluding hydrogens is 233 g/mol. The van der Waals surface area contributed by atoms with Gasteiger partial charge in [-0.05, 0) is 36.6 Å². The fraction of sp³-hybridized carbons (Fsp3) is 0.571. The molecule has 2 rings (SSSR count). The maximum absolute atomic E-state index is 13.3. The molecule has 0 aliphatic carbocycles. The molecule has 0 radical (unpaired) electrons. The van der Waals surface area contributed by atoms with Crippen LogP contribution in [-0.2, 0) is 6.54 Å². The van der Waals surface area contributed by atoms with Gasteiger partial charge in [0.05, 0.1) is 13.2 Å². The van der Waals surface area contributed by atoms with Crippen LogP contribution in [0.3, 0.4) is 0 Å². The first-order valence-corrected chi connectivity index (χ1v) is 6.20. The van der Waals surface area contributed by atoms with E-state index >= 15 is 0 Å². The van der Waals surface area contributed by atoms with Crippen LogP contribution in [0.15, 0.2) is 12.1 Å². The van der Waals surface area contributed by atoms with E-state index in [0.717, 1.165) is 22.4 Å². The standard InChI is InChI=1S/C14H20FNO2/c1-9-5-14(18-3)10(2)4-11(9)6-16-7-12(15)13(17)8-16/h4-5,12-13,17H,6-8H2,1-3H3/t12-,13-/m1/s1. The molecule has 3 nitrogen and oxygen atoms in total. The Morgan fingerprint density at radius 3 is 2.61 bits per heavy atom. The lowest BCUT2D eigenvalue weighted by Crippen LogP contribution is -2.22. The molecule has 1 aromatic rings. The van der Waals surface area contributed by atoms with E-state index in [4.69, 9.17) is 4.74 Å². The van der Waals surface area contributed by atoms with E-state index < -0.39 is 12.3 Å². The Bertz CT molecular complexity index is 426. The molecule has 0 unspecified atom stereocenters. The van der Waals surface area contributed by atoms with Crippen LogP contribution in [-0.4, -0.2) is 42.5 Å². The number of halogens is 1. The molecule has 0 aromatic heterocycles. The highest BCUT2D eigenvalue weighted by molar-refractivity contribution is 5.41. The summed E-state index contributed by atoms with van der Waals surface area (Å²) >= 11 is 0. The Morgan fingerprint density at radius 1 is 1.33 bits per heavy atom. The fourth-order valence-electron chi connectivity index (χ4n) is 2.43. The van der Waals surface area contributed by atoms with Crippen LogP contribution in [0.1, 0.15) is 16.7 Å². The molecule has 0 amide bonds. The molecule has 1 saturated heterocycles. The van der Waals surface area contributed by atoms with Gasteiger partial charge in [0, 0.05) is 19.6 Å². The van der Waals surface area contributed by atoms with Gasteiger partial charge in [0.15, 0.2) is 0 Å². The van der Waals surface area contributed by atoms with E-state index in [1.807, 2.05) is 24.8 Å². The van der Waals surface area contributed by atoms with E-state index in [2.05, 4.69) is 6.07 Å². The van der Waals surface area contributed by atoms with Crippen LogP contribution in [0.4, 0.5) is 4.39 Å². The molecule has 0 saturated carbocycles. The maximum atomic E-state index is 13.3. The number of aliphatic hydroxyl groups is 1. The maximum Gasteiger partial charge on any atom is 0.140 e. The summed E-state index contributed by atoms with van der Waals surface area (Å²) in [6.07, 6.45) is -1.96. The Morgan fingerprint density at radius 2 is 2.06 bits per heavy atom. The van der Waals surface area contributed by atoms with E-state index in [1.165, 1.54) is 0 Å². The molecule has 0 bridgehead atoms. The van der Waals surface area contributed by atoms with Crippen LogP contribution in [0, 0.1) is 13.8 Å². The first-order valence-electron chi connectivity index (χ1n) is 6.20. The molecule has 18 heavy (non-hydrogen) atoms. The second-order valence-electron chi connectivity index (χ2n) is 5.03. The number of aliphatic hydroxyl groups excluding tert-OH is 1. The van der Waals surface area contributed by atoms with Crippen molar-refractivity contribution >= 4 is 0 Å². The summed E-state index contributed by atoms with van der Waals surface area (Å²) in [4.78, 5) is 1.95. The van der Waals surface area contributed by atoms with Crippen molar-refractivity contribution in [2.75, 3.05) is 20.2 Å². The molecule has 2 atom stereocenters. The van der Waals surface area contributed by atoms with Crippen molar-refractivity contribution in [1.29, 1.82) is 0 Å². The lowest BCUT2D eigenvalue weighted by atomic mass is 10.0. The van der Waals surface area contributed by atoms with Crippen LogP contribution in [0.5, 0.6) is 5.75 Å². The Hall–Kier alpha value is -1.13. The number of methoxy groups -OCH3 is 1. The number of hydrogen-bond acceptors (Lipinski definition) is 3. The van der Waals surface area contributed by atoms with E-state index in [1.54, 1.807) is 7.11 Å². The van der Waals surface area contributed by atoms with E-state index in [0.29, 0.717) is 19.6 Å². The molecule has 1 N–H and O–H groups in total. The minimum atomic E-state index is -1.12. The van der Waals surface area contributed by atoms with Crippen molar-refractivity contribution < 1.29 is 14.2 Å². The number of β-amino-alcohol motifs (C(OH)–C–C–N with tert-alkyl or cyclic N) is 1. The summed E-state index contributed by atoms with van der Waals surface area (Å²) in [6.45, 7) is 5.42. The minimum Gasteiger partial charge on any atom is -0.496 e. The molecule has 1 aromatic carbocycles. The Labute approximate surface area is 107 Å². The normalized spacial score (nSPS) is 24.5. The molecule has 1 aliphatic rings. The van der Waals surface area contributed by atoms with Gasteiger partial charge in [-0.1, -0.05) is 6.07 Å². The zero-order chi connectivity index (χ0) is 13.3. The molecule has 4 heteroatoms. The van der Waals surface area contributed by atoms with Gasteiger partial charge < -0.3 is 9.84 Å². The molecule has 100 valence electrons. The Kier molecular flexibility index (Phi) is 3.88. The lowest BCUT2D eigenvalue weighted by molar-refractivity contribution is 0.115. The van der Waals surface area contributed by atoms with Gasteiger partial charge in [0.1, 0.15) is 11.9 Å². The zero-order valence-electron chi connectivity index (χ0n) is 11.1. The first-order chi connectivity index (χ1) is 8.51. The third-order valence-corrected chi connectivity index (χ3v) is 3.54. The number of rotatable bonds is 3. The van der Waals surface area contributed by atoms with E-state index in [-0.39, 0.29) is 0 Å². The van der Waals surface area contributed by atoms with Crippen LogP contribution in [0.25, 0.3) is 0 Å². The number of aryl methyl sites for hydroxylation is 2. The fourth-order valence-corrected chi connectivity index (χ4v) is 2.43.